The number of carbonyl (C=O) groups is 2. The summed E-state index contributed by atoms with van der Waals surface area (Å²) < 4.78 is 16.2. The fourth-order valence-corrected chi connectivity index (χ4v) is 3.57. The lowest BCUT2D eigenvalue weighted by Crippen LogP contribution is -2.39. The van der Waals surface area contributed by atoms with E-state index in [0.29, 0.717) is 42.6 Å². The number of esters is 1. The van der Waals surface area contributed by atoms with Gasteiger partial charge in [0.05, 0.1) is 25.9 Å². The van der Waals surface area contributed by atoms with Gasteiger partial charge in [0.15, 0.2) is 0 Å². The zero-order valence-corrected chi connectivity index (χ0v) is 14.8. The van der Waals surface area contributed by atoms with Crippen LogP contribution in [0.2, 0.25) is 0 Å². The summed E-state index contributed by atoms with van der Waals surface area (Å²) in [6.45, 7) is 6.46. The molecule has 3 rings (SSSR count). The van der Waals surface area contributed by atoms with Gasteiger partial charge in [-0.05, 0) is 50.8 Å². The highest BCUT2D eigenvalue weighted by Gasteiger charge is 2.37. The molecule has 6 nitrogen and oxygen atoms in total. The van der Waals surface area contributed by atoms with Crippen LogP contribution in [0.5, 0.6) is 5.75 Å². The molecule has 6 heteroatoms. The van der Waals surface area contributed by atoms with Crippen molar-refractivity contribution < 1.29 is 23.8 Å². The predicted molar refractivity (Wildman–Crippen MR) is 91.9 cm³/mol. The first-order valence-electron chi connectivity index (χ1n) is 8.96. The summed E-state index contributed by atoms with van der Waals surface area (Å²) in [4.78, 5) is 26.9. The van der Waals surface area contributed by atoms with Gasteiger partial charge in [0.25, 0.3) is 5.91 Å². The molecule has 2 aliphatic heterocycles. The van der Waals surface area contributed by atoms with E-state index in [1.165, 1.54) is 0 Å². The molecule has 2 saturated heterocycles. The number of nitrogens with zero attached hydrogens (tertiary/aromatic N) is 1. The summed E-state index contributed by atoms with van der Waals surface area (Å²) in [5.74, 6) is 0.435. The maximum Gasteiger partial charge on any atom is 0.341 e. The lowest BCUT2D eigenvalue weighted by atomic mass is 10.0. The molecule has 2 unspecified atom stereocenters. The Bertz CT molecular complexity index is 645. The molecular formula is C19H25NO5. The Morgan fingerprint density at radius 1 is 1.28 bits per heavy atom. The van der Waals surface area contributed by atoms with Crippen LogP contribution in [0, 0.1) is 5.92 Å². The average molecular weight is 347 g/mol. The Labute approximate surface area is 148 Å². The molecule has 2 aliphatic rings. The molecule has 2 bridgehead atoms. The van der Waals surface area contributed by atoms with Crippen LogP contribution in [-0.2, 0) is 9.47 Å². The van der Waals surface area contributed by atoms with Gasteiger partial charge in [-0.15, -0.1) is 0 Å². The summed E-state index contributed by atoms with van der Waals surface area (Å²) in [5, 5.41) is 0. The quantitative estimate of drug-likeness (QED) is 0.766. The molecule has 0 aliphatic carbocycles. The van der Waals surface area contributed by atoms with Crippen LogP contribution in [0.3, 0.4) is 0 Å². The molecule has 0 radical (unpaired) electrons. The van der Waals surface area contributed by atoms with Gasteiger partial charge in [-0.2, -0.15) is 0 Å². The number of amides is 1. The Balaban J connectivity index is 1.83. The van der Waals surface area contributed by atoms with Gasteiger partial charge in [0, 0.05) is 18.7 Å². The van der Waals surface area contributed by atoms with Crippen molar-refractivity contribution in [3.63, 3.8) is 0 Å². The van der Waals surface area contributed by atoms with Crippen molar-refractivity contribution in [2.24, 2.45) is 5.92 Å². The van der Waals surface area contributed by atoms with Crippen molar-refractivity contribution in [2.45, 2.75) is 32.7 Å². The first-order valence-corrected chi connectivity index (χ1v) is 8.96. The average Bonchev–Trinajstić information content (AvgIpc) is 2.85. The predicted octanol–water partition coefficient (Wildman–Crippen LogP) is 2.51. The monoisotopic (exact) mass is 347 g/mol. The highest BCUT2D eigenvalue weighted by molar-refractivity contribution is 5.98. The second kappa shape index (κ2) is 7.87. The van der Waals surface area contributed by atoms with Crippen LogP contribution in [0.25, 0.3) is 0 Å². The lowest BCUT2D eigenvalue weighted by molar-refractivity contribution is 0.0492. The first-order chi connectivity index (χ1) is 12.1. The van der Waals surface area contributed by atoms with Crippen LogP contribution in [0.1, 0.15) is 47.4 Å². The van der Waals surface area contributed by atoms with E-state index in [1.807, 2.05) is 11.8 Å². The largest absolute Gasteiger partial charge is 0.493 e. The molecule has 1 aromatic rings. The van der Waals surface area contributed by atoms with Crippen molar-refractivity contribution in [3.8, 4) is 5.75 Å². The van der Waals surface area contributed by atoms with Gasteiger partial charge < -0.3 is 19.1 Å². The van der Waals surface area contributed by atoms with E-state index in [-0.39, 0.29) is 11.9 Å². The van der Waals surface area contributed by atoms with E-state index in [9.17, 15) is 9.59 Å². The Morgan fingerprint density at radius 3 is 2.88 bits per heavy atom. The van der Waals surface area contributed by atoms with Gasteiger partial charge in [-0.1, -0.05) is 0 Å². The van der Waals surface area contributed by atoms with E-state index in [0.717, 1.165) is 26.0 Å². The van der Waals surface area contributed by atoms with E-state index < -0.39 is 5.97 Å². The normalized spacial score (nSPS) is 22.4. The first kappa shape index (κ1) is 17.7. The van der Waals surface area contributed by atoms with Gasteiger partial charge >= 0.3 is 5.97 Å². The zero-order chi connectivity index (χ0) is 17.8. The minimum atomic E-state index is -0.438. The fourth-order valence-electron chi connectivity index (χ4n) is 3.57. The van der Waals surface area contributed by atoms with E-state index in [2.05, 4.69) is 0 Å². The SMILES string of the molecule is CCOC(=O)c1ccc(C(=O)N2CC3CCOCC2C3)cc1OCC. The van der Waals surface area contributed by atoms with Crippen molar-refractivity contribution in [1.82, 2.24) is 4.90 Å². The molecule has 2 atom stereocenters. The zero-order valence-electron chi connectivity index (χ0n) is 14.8. The number of hydrogen-bond donors (Lipinski definition) is 0. The fraction of sp³-hybridized carbons (Fsp3) is 0.579. The second-order valence-electron chi connectivity index (χ2n) is 6.44. The van der Waals surface area contributed by atoms with Crippen molar-refractivity contribution in [1.29, 1.82) is 0 Å². The van der Waals surface area contributed by atoms with Gasteiger partial charge in [-0.3, -0.25) is 4.79 Å². The van der Waals surface area contributed by atoms with Gasteiger partial charge in [0.1, 0.15) is 11.3 Å². The second-order valence-corrected chi connectivity index (χ2v) is 6.44. The maximum absolute atomic E-state index is 13.0. The third-order valence-corrected chi connectivity index (χ3v) is 4.77. The number of benzene rings is 1. The summed E-state index contributed by atoms with van der Waals surface area (Å²) in [5.41, 5.74) is 0.878. The number of ether oxygens (including phenoxy) is 3. The third kappa shape index (κ3) is 3.79. The molecular weight excluding hydrogens is 322 g/mol. The Morgan fingerprint density at radius 2 is 2.12 bits per heavy atom. The van der Waals surface area contributed by atoms with E-state index in [1.54, 1.807) is 25.1 Å². The molecule has 1 amide bonds. The van der Waals surface area contributed by atoms with E-state index in [4.69, 9.17) is 14.2 Å². The van der Waals surface area contributed by atoms with Crippen molar-refractivity contribution in [3.05, 3.63) is 29.3 Å². The summed E-state index contributed by atoms with van der Waals surface area (Å²) in [6.07, 6.45) is 2.01. The third-order valence-electron chi connectivity index (χ3n) is 4.77. The van der Waals surface area contributed by atoms with Crippen LogP contribution < -0.4 is 4.74 Å². The number of hydrogen-bond acceptors (Lipinski definition) is 5. The number of rotatable bonds is 5. The Kier molecular flexibility index (Phi) is 5.58. The van der Waals surface area contributed by atoms with Crippen molar-refractivity contribution >= 4 is 11.9 Å². The molecule has 25 heavy (non-hydrogen) atoms. The maximum atomic E-state index is 13.0. The van der Waals surface area contributed by atoms with Gasteiger partial charge in [0.2, 0.25) is 0 Å². The lowest BCUT2D eigenvalue weighted by Gasteiger charge is -2.26. The minimum Gasteiger partial charge on any atom is -0.493 e. The summed E-state index contributed by atoms with van der Waals surface area (Å²) in [7, 11) is 0. The summed E-state index contributed by atoms with van der Waals surface area (Å²) in [6, 6.07) is 5.07. The topological polar surface area (TPSA) is 65.1 Å². The highest BCUT2D eigenvalue weighted by Crippen LogP contribution is 2.31. The van der Waals surface area contributed by atoms with Gasteiger partial charge in [-0.25, -0.2) is 4.79 Å². The van der Waals surface area contributed by atoms with Crippen molar-refractivity contribution in [2.75, 3.05) is 33.0 Å². The smallest absolute Gasteiger partial charge is 0.341 e. The van der Waals surface area contributed by atoms with Crippen LogP contribution >= 0.6 is 0 Å². The van der Waals surface area contributed by atoms with E-state index >= 15 is 0 Å². The van der Waals surface area contributed by atoms with Crippen LogP contribution in [-0.4, -0.2) is 55.8 Å². The highest BCUT2D eigenvalue weighted by atomic mass is 16.5. The standard InChI is InChI=1S/C19H25NO5/c1-3-24-17-10-14(5-6-16(17)19(22)25-4-2)18(21)20-11-13-7-8-23-12-15(20)9-13/h5-6,10,13,15H,3-4,7-9,11-12H2,1-2H3. The molecule has 0 saturated carbocycles. The number of likely N-dealkylation sites (tertiary alicyclic amines) is 1. The molecule has 0 spiro atoms. The molecule has 2 fully saturated rings. The molecule has 0 aromatic heterocycles. The Hall–Kier alpha value is -2.08. The summed E-state index contributed by atoms with van der Waals surface area (Å²) >= 11 is 0. The molecule has 2 heterocycles. The molecule has 1 aromatic carbocycles. The number of carbonyl (C=O) groups excluding carboxylic acids is 2. The minimum absolute atomic E-state index is 0.0330. The number of fused-ring (bicyclic) bond motifs is 2. The molecule has 0 N–H and O–H groups in total. The molecule has 136 valence electrons. The van der Waals surface area contributed by atoms with Crippen LogP contribution in [0.4, 0.5) is 0 Å². The van der Waals surface area contributed by atoms with Crippen LogP contribution in [0.15, 0.2) is 18.2 Å².